The standard InChI is InChI=1S/C21H14Cl2N4O5S2/c1-31-11-5-6-12(16(9-11)27(29)30)17-7-8-18(32-17)19(28)24-20-25-26-21(34-20)33-10-13-14(22)3-2-4-15(13)23/h2-9H,10H2,1H3,(H,24,25,28). The average molecular weight is 537 g/mol. The third-order valence-electron chi connectivity index (χ3n) is 4.53. The third kappa shape index (κ3) is 5.33. The highest BCUT2D eigenvalue weighted by Gasteiger charge is 2.21. The first-order valence-electron chi connectivity index (χ1n) is 9.49. The number of carbonyl (C=O) groups is 1. The Morgan fingerprint density at radius 3 is 2.68 bits per heavy atom. The molecule has 1 N–H and O–H groups in total. The Morgan fingerprint density at radius 2 is 1.97 bits per heavy atom. The van der Waals surface area contributed by atoms with Crippen molar-refractivity contribution < 1.29 is 18.9 Å². The molecule has 2 aromatic carbocycles. The van der Waals surface area contributed by atoms with Gasteiger partial charge in [0.2, 0.25) is 5.13 Å². The van der Waals surface area contributed by atoms with Crippen molar-refractivity contribution in [1.82, 2.24) is 10.2 Å². The number of benzene rings is 2. The van der Waals surface area contributed by atoms with E-state index in [-0.39, 0.29) is 27.9 Å². The molecule has 0 atom stereocenters. The fourth-order valence-corrected chi connectivity index (χ4v) is 5.37. The van der Waals surface area contributed by atoms with Crippen molar-refractivity contribution in [3.63, 3.8) is 0 Å². The Balaban J connectivity index is 1.44. The molecule has 0 bridgehead atoms. The number of halogens is 2. The summed E-state index contributed by atoms with van der Waals surface area (Å²) >= 11 is 14.9. The molecule has 34 heavy (non-hydrogen) atoms. The number of thioether (sulfide) groups is 1. The first-order valence-corrected chi connectivity index (χ1v) is 12.0. The van der Waals surface area contributed by atoms with E-state index in [1.807, 2.05) is 0 Å². The van der Waals surface area contributed by atoms with Crippen LogP contribution in [-0.4, -0.2) is 28.1 Å². The van der Waals surface area contributed by atoms with Gasteiger partial charge in [0.25, 0.3) is 11.6 Å². The van der Waals surface area contributed by atoms with E-state index in [4.69, 9.17) is 32.4 Å². The van der Waals surface area contributed by atoms with Crippen molar-refractivity contribution in [1.29, 1.82) is 0 Å². The van der Waals surface area contributed by atoms with Gasteiger partial charge in [0.15, 0.2) is 10.1 Å². The number of anilines is 1. The molecule has 0 aliphatic heterocycles. The number of methoxy groups -OCH3 is 1. The van der Waals surface area contributed by atoms with Crippen LogP contribution in [0.5, 0.6) is 5.75 Å². The Morgan fingerprint density at radius 1 is 1.21 bits per heavy atom. The van der Waals surface area contributed by atoms with Gasteiger partial charge in [-0.05, 0) is 42.0 Å². The van der Waals surface area contributed by atoms with Crippen molar-refractivity contribution in [2.75, 3.05) is 12.4 Å². The van der Waals surface area contributed by atoms with Crippen LogP contribution in [0.2, 0.25) is 10.0 Å². The summed E-state index contributed by atoms with van der Waals surface area (Å²) in [6.07, 6.45) is 0. The van der Waals surface area contributed by atoms with Gasteiger partial charge in [0.1, 0.15) is 11.5 Å². The second-order valence-corrected chi connectivity index (χ2v) is 9.63. The van der Waals surface area contributed by atoms with Crippen LogP contribution in [0.4, 0.5) is 10.8 Å². The molecule has 0 spiro atoms. The smallest absolute Gasteiger partial charge is 0.293 e. The van der Waals surface area contributed by atoms with Crippen LogP contribution >= 0.6 is 46.3 Å². The minimum absolute atomic E-state index is 0.0348. The molecule has 9 nitrogen and oxygen atoms in total. The van der Waals surface area contributed by atoms with Gasteiger partial charge in [-0.15, -0.1) is 10.2 Å². The Hall–Kier alpha value is -3.12. The molecule has 1 amide bonds. The van der Waals surface area contributed by atoms with Gasteiger partial charge >= 0.3 is 0 Å². The monoisotopic (exact) mass is 536 g/mol. The number of amides is 1. The number of nitro benzene ring substituents is 1. The Kier molecular flexibility index (Phi) is 7.37. The maximum atomic E-state index is 12.6. The molecule has 13 heteroatoms. The number of hydrogen-bond donors (Lipinski definition) is 1. The lowest BCUT2D eigenvalue weighted by atomic mass is 10.1. The minimum atomic E-state index is -0.565. The number of nitrogens with zero attached hydrogens (tertiary/aromatic N) is 3. The molecule has 0 saturated carbocycles. The molecule has 2 heterocycles. The van der Waals surface area contributed by atoms with Crippen molar-refractivity contribution in [2.45, 2.75) is 10.1 Å². The molecule has 0 aliphatic carbocycles. The second kappa shape index (κ2) is 10.4. The highest BCUT2D eigenvalue weighted by molar-refractivity contribution is 8.00. The molecule has 0 unspecified atom stereocenters. The Bertz CT molecular complexity index is 1350. The number of nitro groups is 1. The fourth-order valence-electron chi connectivity index (χ4n) is 2.88. The van der Waals surface area contributed by atoms with Crippen LogP contribution < -0.4 is 10.1 Å². The summed E-state index contributed by atoms with van der Waals surface area (Å²) in [4.78, 5) is 23.5. The van der Waals surface area contributed by atoms with Gasteiger partial charge in [-0.1, -0.05) is 52.4 Å². The Labute approximate surface area is 211 Å². The number of hydrogen-bond acceptors (Lipinski definition) is 9. The van der Waals surface area contributed by atoms with Gasteiger partial charge in [-0.2, -0.15) is 0 Å². The molecule has 0 fully saturated rings. The van der Waals surface area contributed by atoms with Crippen molar-refractivity contribution in [3.05, 3.63) is 80.0 Å². The predicted molar refractivity (Wildman–Crippen MR) is 131 cm³/mol. The van der Waals surface area contributed by atoms with E-state index >= 15 is 0 Å². The molecular weight excluding hydrogens is 523 g/mol. The largest absolute Gasteiger partial charge is 0.497 e. The summed E-state index contributed by atoms with van der Waals surface area (Å²) < 4.78 is 11.2. The zero-order chi connectivity index (χ0) is 24.2. The number of rotatable bonds is 8. The quantitative estimate of drug-likeness (QED) is 0.116. The van der Waals surface area contributed by atoms with Crippen LogP contribution in [-0.2, 0) is 5.75 Å². The molecule has 174 valence electrons. The lowest BCUT2D eigenvalue weighted by Crippen LogP contribution is -2.10. The van der Waals surface area contributed by atoms with Gasteiger partial charge in [-0.25, -0.2) is 0 Å². The molecule has 4 aromatic rings. The zero-order valence-corrected chi connectivity index (χ0v) is 20.4. The molecule has 0 aliphatic rings. The van der Waals surface area contributed by atoms with Crippen molar-refractivity contribution in [2.24, 2.45) is 0 Å². The predicted octanol–water partition coefficient (Wildman–Crippen LogP) is 6.57. The van der Waals surface area contributed by atoms with Crippen molar-refractivity contribution >= 4 is 63.0 Å². The summed E-state index contributed by atoms with van der Waals surface area (Å²) in [6, 6.07) is 12.5. The average Bonchev–Trinajstić information content (AvgIpc) is 3.48. The first-order chi connectivity index (χ1) is 16.4. The van der Waals surface area contributed by atoms with Crippen LogP contribution in [0.25, 0.3) is 11.3 Å². The van der Waals surface area contributed by atoms with Crippen LogP contribution in [0.15, 0.2) is 57.3 Å². The van der Waals surface area contributed by atoms with E-state index in [0.717, 1.165) is 5.56 Å². The topological polar surface area (TPSA) is 120 Å². The molecule has 4 rings (SSSR count). The maximum absolute atomic E-state index is 12.6. The van der Waals surface area contributed by atoms with Gasteiger partial charge in [0.05, 0.1) is 23.7 Å². The first kappa shape index (κ1) is 24.0. The van der Waals surface area contributed by atoms with Crippen LogP contribution in [0, 0.1) is 10.1 Å². The number of furan rings is 1. The number of aromatic nitrogens is 2. The summed E-state index contributed by atoms with van der Waals surface area (Å²) in [5.74, 6) is 0.395. The third-order valence-corrected chi connectivity index (χ3v) is 7.23. The molecule has 2 aromatic heterocycles. The second-order valence-electron chi connectivity index (χ2n) is 6.62. The lowest BCUT2D eigenvalue weighted by Gasteiger charge is -2.04. The van der Waals surface area contributed by atoms with E-state index in [1.54, 1.807) is 24.3 Å². The number of ether oxygens (including phenoxy) is 1. The molecule has 0 radical (unpaired) electrons. The van der Waals surface area contributed by atoms with Crippen molar-refractivity contribution in [3.8, 4) is 17.1 Å². The summed E-state index contributed by atoms with van der Waals surface area (Å²) in [6.45, 7) is 0. The van der Waals surface area contributed by atoms with E-state index in [1.165, 1.54) is 54.5 Å². The van der Waals surface area contributed by atoms with Gasteiger partial charge in [0, 0.05) is 15.8 Å². The van der Waals surface area contributed by atoms with E-state index < -0.39 is 10.8 Å². The molecular formula is C21H14Cl2N4O5S2. The summed E-state index contributed by atoms with van der Waals surface area (Å²) in [7, 11) is 1.41. The van der Waals surface area contributed by atoms with E-state index in [0.29, 0.717) is 25.9 Å². The normalized spacial score (nSPS) is 10.8. The maximum Gasteiger partial charge on any atom is 0.293 e. The summed E-state index contributed by atoms with van der Waals surface area (Å²) in [5, 5.41) is 23.4. The summed E-state index contributed by atoms with van der Waals surface area (Å²) in [5.41, 5.74) is 0.801. The molecule has 0 saturated heterocycles. The van der Waals surface area contributed by atoms with Gasteiger partial charge in [-0.3, -0.25) is 20.2 Å². The highest BCUT2D eigenvalue weighted by atomic mass is 35.5. The van der Waals surface area contributed by atoms with Crippen LogP contribution in [0.1, 0.15) is 16.1 Å². The zero-order valence-electron chi connectivity index (χ0n) is 17.3. The number of nitrogens with one attached hydrogen (secondary N) is 1. The van der Waals surface area contributed by atoms with E-state index in [2.05, 4.69) is 15.5 Å². The number of carbonyl (C=O) groups excluding carboxylic acids is 1. The van der Waals surface area contributed by atoms with E-state index in [9.17, 15) is 14.9 Å². The van der Waals surface area contributed by atoms with Gasteiger partial charge < -0.3 is 9.15 Å². The minimum Gasteiger partial charge on any atom is -0.497 e. The fraction of sp³-hybridized carbons (Fsp3) is 0.0952. The van der Waals surface area contributed by atoms with Crippen LogP contribution in [0.3, 0.4) is 0 Å². The highest BCUT2D eigenvalue weighted by Crippen LogP contribution is 2.35. The SMILES string of the molecule is COc1ccc(-c2ccc(C(=O)Nc3nnc(SCc4c(Cl)cccc4Cl)s3)o2)c([N+](=O)[O-])c1. The lowest BCUT2D eigenvalue weighted by molar-refractivity contribution is -0.384.